The van der Waals surface area contributed by atoms with Gasteiger partial charge in [0.2, 0.25) is 0 Å². The molecule has 0 N–H and O–H groups in total. The summed E-state index contributed by atoms with van der Waals surface area (Å²) >= 11 is 14.8. The number of hydrogen-bond donors (Lipinski definition) is 0. The molecule has 0 saturated heterocycles. The summed E-state index contributed by atoms with van der Waals surface area (Å²) in [5, 5.41) is 0. The fraction of sp³-hybridized carbons (Fsp3) is 0. The van der Waals surface area contributed by atoms with Gasteiger partial charge >= 0.3 is 60.4 Å². The van der Waals surface area contributed by atoms with Crippen LogP contribution in [0.3, 0.4) is 0 Å². The van der Waals surface area contributed by atoms with E-state index >= 15 is 0 Å². The predicted molar refractivity (Wildman–Crippen MR) is 40.9 cm³/mol. The van der Waals surface area contributed by atoms with Crippen molar-refractivity contribution < 1.29 is 0 Å². The van der Waals surface area contributed by atoms with Crippen LogP contribution in [0.15, 0.2) is 0 Å². The molecule has 0 unspecified atom stereocenters. The van der Waals surface area contributed by atoms with Crippen LogP contribution in [0.5, 0.6) is 0 Å². The van der Waals surface area contributed by atoms with Crippen molar-refractivity contribution in [2.75, 3.05) is 0 Å². The van der Waals surface area contributed by atoms with E-state index in [2.05, 4.69) is 46.5 Å². The molecule has 0 aromatic carbocycles. The van der Waals surface area contributed by atoms with Crippen molar-refractivity contribution in [1.29, 1.82) is 0 Å². The molecule has 0 saturated carbocycles. The minimum absolute atomic E-state index is 1.70. The van der Waals surface area contributed by atoms with E-state index in [9.17, 15) is 0 Å². The van der Waals surface area contributed by atoms with Crippen LogP contribution in [0.25, 0.3) is 0 Å². The Morgan fingerprint density at radius 3 is 1.20 bits per heavy atom. The van der Waals surface area contributed by atoms with Crippen molar-refractivity contribution in [1.82, 2.24) is 0 Å². The number of halogens is 4. The Labute approximate surface area is 60.0 Å². The predicted octanol–water partition coefficient (Wildman–Crippen LogP) is 3.82. The first kappa shape index (κ1) is 7.16. The third-order valence-electron chi connectivity index (χ3n) is 0. The SMILES string of the molecule is Cl[PH](Br)(Br)Br. The van der Waals surface area contributed by atoms with Gasteiger partial charge in [-0.25, -0.2) is 0 Å². The minimum atomic E-state index is -1.70. The van der Waals surface area contributed by atoms with Gasteiger partial charge < -0.3 is 0 Å². The first-order chi connectivity index (χ1) is 2.00. The van der Waals surface area contributed by atoms with Crippen molar-refractivity contribution in [3.63, 3.8) is 0 Å². The molecular weight excluding hydrogens is 306 g/mol. The topological polar surface area (TPSA) is 0 Å². The van der Waals surface area contributed by atoms with Crippen LogP contribution in [0, 0.1) is 0 Å². The number of hydrogen-bond acceptors (Lipinski definition) is 0. The maximum absolute atomic E-state index is 5.42. The molecular formula is HBr3ClP. The van der Waals surface area contributed by atoms with Gasteiger partial charge in [-0.15, -0.1) is 0 Å². The molecule has 0 radical (unpaired) electrons. The van der Waals surface area contributed by atoms with E-state index in [1.165, 1.54) is 0 Å². The van der Waals surface area contributed by atoms with Gasteiger partial charge in [0.1, 0.15) is 0 Å². The fourth-order valence-corrected chi connectivity index (χ4v) is 0. The van der Waals surface area contributed by atoms with E-state index in [0.29, 0.717) is 0 Å². The van der Waals surface area contributed by atoms with E-state index in [1.54, 1.807) is 0 Å². The summed E-state index contributed by atoms with van der Waals surface area (Å²) in [7, 11) is 0. The summed E-state index contributed by atoms with van der Waals surface area (Å²) in [6.45, 7) is 0. The Morgan fingerprint density at radius 2 is 1.20 bits per heavy atom. The Balaban J connectivity index is 3.02. The molecule has 0 atom stereocenters. The Hall–Kier alpha value is 2.16. The first-order valence-corrected chi connectivity index (χ1v) is 10.5. The quantitative estimate of drug-likeness (QED) is 0.597. The van der Waals surface area contributed by atoms with E-state index in [1.807, 2.05) is 0 Å². The van der Waals surface area contributed by atoms with E-state index in [0.717, 1.165) is 0 Å². The molecule has 0 aliphatic rings. The molecule has 0 heterocycles. The second kappa shape index (κ2) is 2.46. The molecule has 0 rings (SSSR count). The van der Waals surface area contributed by atoms with Gasteiger partial charge in [0.15, 0.2) is 0 Å². The van der Waals surface area contributed by atoms with Gasteiger partial charge in [-0.2, -0.15) is 0 Å². The molecule has 0 fully saturated rings. The third kappa shape index (κ3) is 22.8. The summed E-state index contributed by atoms with van der Waals surface area (Å²) in [4.78, 5) is 0. The Morgan fingerprint density at radius 1 is 1.20 bits per heavy atom. The van der Waals surface area contributed by atoms with Gasteiger partial charge in [0.05, 0.1) is 0 Å². The van der Waals surface area contributed by atoms with Gasteiger partial charge in [-0.1, -0.05) is 0 Å². The molecule has 0 nitrogen and oxygen atoms in total. The standard InChI is InChI=1S/Br3ClHP/c1-5(2,3)4/h5H. The zero-order valence-electron chi connectivity index (χ0n) is 2.01. The number of rotatable bonds is 0. The first-order valence-electron chi connectivity index (χ1n) is 0.756. The van der Waals surface area contributed by atoms with Crippen LogP contribution in [0.4, 0.5) is 0 Å². The molecule has 34 valence electrons. The Bertz CT molecular complexity index is 22.4. The van der Waals surface area contributed by atoms with E-state index in [4.69, 9.17) is 11.2 Å². The molecule has 0 aliphatic heterocycles. The molecule has 0 amide bonds. The van der Waals surface area contributed by atoms with Gasteiger partial charge in [-0.05, 0) is 0 Å². The molecule has 0 aromatic rings. The second-order valence-corrected chi connectivity index (χ2v) is 27.4. The summed E-state index contributed by atoms with van der Waals surface area (Å²) < 4.78 is -1.70. The molecule has 0 spiro atoms. The van der Waals surface area contributed by atoms with E-state index in [-0.39, 0.29) is 0 Å². The van der Waals surface area contributed by atoms with Gasteiger partial charge in [0.25, 0.3) is 0 Å². The molecule has 0 aliphatic carbocycles. The van der Waals surface area contributed by atoms with Crippen LogP contribution in [0.2, 0.25) is 0 Å². The van der Waals surface area contributed by atoms with E-state index < -0.39 is 2.72 Å². The van der Waals surface area contributed by atoms with Crippen molar-refractivity contribution in [2.45, 2.75) is 0 Å². The molecule has 0 aromatic heterocycles. The summed E-state index contributed by atoms with van der Waals surface area (Å²) in [6, 6.07) is 0. The Kier molecular flexibility index (Phi) is 3.53. The molecule has 5 heavy (non-hydrogen) atoms. The van der Waals surface area contributed by atoms with Crippen LogP contribution in [-0.4, -0.2) is 0 Å². The zero-order valence-corrected chi connectivity index (χ0v) is 8.53. The third-order valence-corrected chi connectivity index (χ3v) is 0. The average Bonchev–Trinajstić information content (AvgIpc) is 0.722. The molecule has 0 bridgehead atoms. The van der Waals surface area contributed by atoms with Crippen molar-refractivity contribution in [2.24, 2.45) is 0 Å². The summed E-state index contributed by atoms with van der Waals surface area (Å²) in [5.74, 6) is 0. The molecule has 5 heteroatoms. The van der Waals surface area contributed by atoms with Crippen molar-refractivity contribution >= 4 is 60.4 Å². The van der Waals surface area contributed by atoms with Crippen LogP contribution < -0.4 is 0 Å². The average molecular weight is 307 g/mol. The van der Waals surface area contributed by atoms with Crippen LogP contribution in [-0.2, 0) is 0 Å². The second-order valence-electron chi connectivity index (χ2n) is 0.429. The zero-order chi connectivity index (χ0) is 4.50. The monoisotopic (exact) mass is 304 g/mol. The normalized spacial score (nSPS) is 15.2. The van der Waals surface area contributed by atoms with Crippen molar-refractivity contribution in [3.05, 3.63) is 0 Å². The van der Waals surface area contributed by atoms with Crippen molar-refractivity contribution in [3.8, 4) is 0 Å². The fourth-order valence-electron chi connectivity index (χ4n) is 0. The van der Waals surface area contributed by atoms with Crippen LogP contribution in [0.1, 0.15) is 0 Å². The maximum atomic E-state index is 5.42. The van der Waals surface area contributed by atoms with Crippen LogP contribution >= 0.6 is 60.4 Å². The summed E-state index contributed by atoms with van der Waals surface area (Å²) in [6.07, 6.45) is 0. The van der Waals surface area contributed by atoms with Gasteiger partial charge in [-0.3, -0.25) is 0 Å². The van der Waals surface area contributed by atoms with Gasteiger partial charge in [0, 0.05) is 0 Å². The summed E-state index contributed by atoms with van der Waals surface area (Å²) in [5.41, 5.74) is 0.